The van der Waals surface area contributed by atoms with Crippen LogP contribution in [0.4, 0.5) is 52.7 Å². The van der Waals surface area contributed by atoms with Gasteiger partial charge in [-0.1, -0.05) is 44.3 Å². The van der Waals surface area contributed by atoms with E-state index in [1.54, 1.807) is 0 Å². The van der Waals surface area contributed by atoms with E-state index in [9.17, 15) is 68.0 Å². The van der Waals surface area contributed by atoms with E-state index in [2.05, 4.69) is 0 Å². The summed E-state index contributed by atoms with van der Waals surface area (Å²) in [5, 5.41) is 28.7. The fourth-order valence-electron chi connectivity index (χ4n) is 2.04. The first-order valence-electron chi connectivity index (χ1n) is 8.16. The second-order valence-corrected chi connectivity index (χ2v) is 10.0. The maximum absolute atomic E-state index is 13.0. The highest BCUT2D eigenvalue weighted by Crippen LogP contribution is 2.58. The molecule has 3 nitrogen and oxygen atoms in total. The lowest BCUT2D eigenvalue weighted by molar-refractivity contribution is -0.327. The molecule has 192 valence electrons. The van der Waals surface area contributed by atoms with Crippen molar-refractivity contribution in [2.24, 2.45) is 0 Å². The molecule has 1 aromatic rings. The van der Waals surface area contributed by atoms with Crippen molar-refractivity contribution in [2.75, 3.05) is 0 Å². The summed E-state index contributed by atoms with van der Waals surface area (Å²) in [5.41, 5.74) is -1.70. The summed E-state index contributed by atoms with van der Waals surface area (Å²) in [7, 11) is 0. The van der Waals surface area contributed by atoms with Crippen molar-refractivity contribution in [3.05, 3.63) is 17.7 Å². The van der Waals surface area contributed by atoms with Crippen LogP contribution in [0.3, 0.4) is 0 Å². The number of aliphatic hydroxyl groups is 2. The molecule has 0 spiro atoms. The summed E-state index contributed by atoms with van der Waals surface area (Å²) in [6, 6.07) is 0.874. The number of hydrogen-bond acceptors (Lipinski definition) is 5. The monoisotopic (exact) mass is 546 g/mol. The minimum atomic E-state index is -6.42. The summed E-state index contributed by atoms with van der Waals surface area (Å²) in [4.78, 5) is -14.2. The van der Waals surface area contributed by atoms with Crippen LogP contribution in [0.5, 0.6) is 5.75 Å². The van der Waals surface area contributed by atoms with Gasteiger partial charge in [-0.15, -0.1) is 0 Å². The second-order valence-electron chi connectivity index (χ2n) is 7.55. The Kier molecular flexibility index (Phi) is 7.66. The number of benzene rings is 1. The maximum Gasteiger partial charge on any atom is 0.436 e. The third-order valence-corrected chi connectivity index (χ3v) is 6.54. The van der Waals surface area contributed by atoms with E-state index in [1.807, 2.05) is 0 Å². The average molecular weight is 546 g/mol. The van der Waals surface area contributed by atoms with Crippen LogP contribution in [-0.2, 0) is 5.41 Å². The molecule has 0 aliphatic carbocycles. The molecule has 1 rings (SSSR count). The Balaban J connectivity index is 3.87. The summed E-state index contributed by atoms with van der Waals surface area (Å²) in [5.74, 6) is -1.88. The standard InChI is InChI=1S/C16H14F12O3S2/c1-10(2,3)6-4-7(32-11(30,13(17,18)19)14(20,21)22)9(29)8(5-6)33-12(31,15(23,24)25)16(26,27)28/h4-5,29-31H,1-3H3. The molecular formula is C16H14F12O3S2. The molecule has 1 aromatic carbocycles. The van der Waals surface area contributed by atoms with Crippen LogP contribution in [0.25, 0.3) is 0 Å². The molecule has 0 aliphatic rings. The lowest BCUT2D eigenvalue weighted by Gasteiger charge is -2.34. The van der Waals surface area contributed by atoms with Gasteiger partial charge in [0.1, 0.15) is 5.75 Å². The number of aromatic hydroxyl groups is 1. The molecule has 0 saturated carbocycles. The number of phenols is 1. The first kappa shape index (κ1) is 29.8. The minimum Gasteiger partial charge on any atom is -0.506 e. The Labute approximate surface area is 186 Å². The molecule has 0 radical (unpaired) electrons. The van der Waals surface area contributed by atoms with E-state index >= 15 is 0 Å². The molecule has 0 atom stereocenters. The number of halogens is 12. The first-order chi connectivity index (χ1) is 14.2. The van der Waals surface area contributed by atoms with Crippen LogP contribution in [0.1, 0.15) is 26.3 Å². The third-order valence-electron chi connectivity index (χ3n) is 3.96. The van der Waals surface area contributed by atoms with Crippen molar-refractivity contribution < 1.29 is 68.0 Å². The zero-order chi connectivity index (χ0) is 26.6. The van der Waals surface area contributed by atoms with Crippen molar-refractivity contribution in [3.63, 3.8) is 0 Å². The zero-order valence-electron chi connectivity index (χ0n) is 16.3. The molecular weight excluding hydrogens is 532 g/mol. The molecule has 0 unspecified atom stereocenters. The Morgan fingerprint density at radius 2 is 0.818 bits per heavy atom. The molecule has 0 fully saturated rings. The van der Waals surface area contributed by atoms with Crippen molar-refractivity contribution >= 4 is 23.5 Å². The largest absolute Gasteiger partial charge is 0.506 e. The number of thioether (sulfide) groups is 2. The van der Waals surface area contributed by atoms with Crippen molar-refractivity contribution in [1.82, 2.24) is 0 Å². The Morgan fingerprint density at radius 1 is 0.576 bits per heavy atom. The number of hydrogen-bond donors (Lipinski definition) is 3. The van der Waals surface area contributed by atoms with Gasteiger partial charge < -0.3 is 15.3 Å². The van der Waals surface area contributed by atoms with Gasteiger partial charge in [0, 0.05) is 0 Å². The summed E-state index contributed by atoms with van der Waals surface area (Å²) >= 11 is -2.97. The second kappa shape index (κ2) is 8.48. The van der Waals surface area contributed by atoms with E-state index < -0.39 is 84.6 Å². The molecule has 33 heavy (non-hydrogen) atoms. The Bertz CT molecular complexity index is 777. The fraction of sp³-hybridized carbons (Fsp3) is 0.625. The third kappa shape index (κ3) is 5.73. The molecule has 0 saturated heterocycles. The van der Waals surface area contributed by atoms with E-state index in [1.165, 1.54) is 20.8 Å². The number of alkyl halides is 12. The van der Waals surface area contributed by atoms with Crippen LogP contribution < -0.4 is 0 Å². The van der Waals surface area contributed by atoms with Crippen LogP contribution in [0.15, 0.2) is 21.9 Å². The first-order valence-corrected chi connectivity index (χ1v) is 9.79. The average Bonchev–Trinajstić information content (AvgIpc) is 2.52. The van der Waals surface area contributed by atoms with Crippen LogP contribution >= 0.6 is 23.5 Å². The summed E-state index contributed by atoms with van der Waals surface area (Å²) in [6.07, 6.45) is -25.7. The van der Waals surface area contributed by atoms with Crippen molar-refractivity contribution in [3.8, 4) is 5.75 Å². The molecule has 0 heterocycles. The fourth-order valence-corrected chi connectivity index (χ4v) is 3.99. The summed E-state index contributed by atoms with van der Waals surface area (Å²) < 4.78 is 156. The van der Waals surface area contributed by atoms with Crippen molar-refractivity contribution in [2.45, 2.75) is 70.5 Å². The molecule has 0 amide bonds. The Hall–Kier alpha value is -1.20. The number of phenolic OH excluding ortho intramolecular Hbond substituents is 1. The maximum atomic E-state index is 13.0. The van der Waals surface area contributed by atoms with Gasteiger partial charge in [-0.05, 0) is 23.1 Å². The lowest BCUT2D eigenvalue weighted by Crippen LogP contribution is -2.54. The van der Waals surface area contributed by atoms with Crippen LogP contribution in [0, 0.1) is 0 Å². The van der Waals surface area contributed by atoms with Gasteiger partial charge in [0.15, 0.2) is 0 Å². The highest BCUT2D eigenvalue weighted by molar-refractivity contribution is 8.01. The van der Waals surface area contributed by atoms with Gasteiger partial charge >= 0.3 is 34.6 Å². The highest BCUT2D eigenvalue weighted by atomic mass is 32.2. The van der Waals surface area contributed by atoms with Gasteiger partial charge in [0.05, 0.1) is 9.79 Å². The van der Waals surface area contributed by atoms with Gasteiger partial charge in [-0.3, -0.25) is 0 Å². The molecule has 3 N–H and O–H groups in total. The Morgan fingerprint density at radius 3 is 1.00 bits per heavy atom. The zero-order valence-corrected chi connectivity index (χ0v) is 18.0. The lowest BCUT2D eigenvalue weighted by atomic mass is 9.87. The van der Waals surface area contributed by atoms with Gasteiger partial charge in [-0.2, -0.15) is 52.7 Å². The van der Waals surface area contributed by atoms with Crippen molar-refractivity contribution in [1.29, 1.82) is 0 Å². The quantitative estimate of drug-likeness (QED) is 0.229. The van der Waals surface area contributed by atoms with Gasteiger partial charge in [0.2, 0.25) is 0 Å². The topological polar surface area (TPSA) is 60.7 Å². The van der Waals surface area contributed by atoms with E-state index in [-0.39, 0.29) is 0 Å². The smallest absolute Gasteiger partial charge is 0.436 e. The molecule has 0 aromatic heterocycles. The van der Waals surface area contributed by atoms with E-state index in [0.717, 1.165) is 0 Å². The van der Waals surface area contributed by atoms with Gasteiger partial charge in [0.25, 0.3) is 0 Å². The summed E-state index contributed by atoms with van der Waals surface area (Å²) in [6.45, 7) is 3.76. The van der Waals surface area contributed by atoms with E-state index in [0.29, 0.717) is 12.1 Å². The predicted molar refractivity (Wildman–Crippen MR) is 92.6 cm³/mol. The normalized spacial score (nSPS) is 15.2. The molecule has 0 aliphatic heterocycles. The predicted octanol–water partition coefficient (Wildman–Crippen LogP) is 6.50. The van der Waals surface area contributed by atoms with Crippen LogP contribution in [0.2, 0.25) is 0 Å². The van der Waals surface area contributed by atoms with Crippen LogP contribution in [-0.4, -0.2) is 49.9 Å². The SMILES string of the molecule is CC(C)(C)c1cc(SC(O)(C(F)(F)F)C(F)(F)F)c(O)c(SC(O)(C(F)(F)F)C(F)(F)F)c1. The minimum absolute atomic E-state index is 0.413. The van der Waals surface area contributed by atoms with Gasteiger partial charge in [-0.25, -0.2) is 0 Å². The molecule has 0 bridgehead atoms. The number of rotatable bonds is 4. The van der Waals surface area contributed by atoms with E-state index in [4.69, 9.17) is 0 Å². The highest BCUT2D eigenvalue weighted by Gasteiger charge is 2.73. The molecule has 17 heteroatoms.